The second-order valence-corrected chi connectivity index (χ2v) is 6.00. The highest BCUT2D eigenvalue weighted by atomic mass is 16.5. The van der Waals surface area contributed by atoms with Crippen LogP contribution in [0.3, 0.4) is 0 Å². The normalized spacial score (nSPS) is 35.7. The summed E-state index contributed by atoms with van der Waals surface area (Å²) in [5.74, 6) is 1.01. The van der Waals surface area contributed by atoms with Gasteiger partial charge in [-0.25, -0.2) is 0 Å². The van der Waals surface area contributed by atoms with Crippen LogP contribution >= 0.6 is 0 Å². The first-order valence-corrected chi connectivity index (χ1v) is 6.97. The number of benzene rings is 1. The van der Waals surface area contributed by atoms with Gasteiger partial charge in [0, 0.05) is 35.7 Å². The number of hydrogen-bond acceptors (Lipinski definition) is 3. The molecule has 2 saturated carbocycles. The van der Waals surface area contributed by atoms with Crippen molar-refractivity contribution in [2.24, 2.45) is 11.3 Å². The van der Waals surface area contributed by atoms with Crippen molar-refractivity contribution in [1.29, 1.82) is 0 Å². The van der Waals surface area contributed by atoms with Gasteiger partial charge in [-0.1, -0.05) is 12.5 Å². The number of phenols is 1. The molecule has 0 radical (unpaired) electrons. The molecule has 3 fully saturated rings. The van der Waals surface area contributed by atoms with Crippen molar-refractivity contribution in [3.63, 3.8) is 0 Å². The van der Waals surface area contributed by atoms with Gasteiger partial charge in [-0.3, -0.25) is 0 Å². The molecule has 4 rings (SSSR count). The number of rotatable bonds is 2. The zero-order chi connectivity index (χ0) is 12.2. The molecule has 1 aromatic rings. The molecule has 3 aliphatic rings. The maximum atomic E-state index is 9.54. The van der Waals surface area contributed by atoms with Crippen molar-refractivity contribution in [2.75, 3.05) is 11.9 Å². The minimum absolute atomic E-state index is 0.334. The third-order valence-corrected chi connectivity index (χ3v) is 5.20. The van der Waals surface area contributed by atoms with Crippen molar-refractivity contribution in [1.82, 2.24) is 0 Å². The molecule has 1 saturated heterocycles. The fraction of sp³-hybridized carbons (Fsp3) is 0.600. The Bertz CT molecular complexity index is 469. The number of ether oxygens (including phenoxy) is 1. The van der Waals surface area contributed by atoms with Crippen LogP contribution in [0.1, 0.15) is 25.7 Å². The van der Waals surface area contributed by atoms with Crippen LogP contribution in [0.25, 0.3) is 0 Å². The maximum Gasteiger partial charge on any atom is 0.117 e. The first-order chi connectivity index (χ1) is 8.79. The summed E-state index contributed by atoms with van der Waals surface area (Å²) in [6, 6.07) is 8.00. The van der Waals surface area contributed by atoms with Crippen LogP contribution in [0.2, 0.25) is 0 Å². The monoisotopic (exact) mass is 245 g/mol. The first kappa shape index (κ1) is 10.7. The largest absolute Gasteiger partial charge is 0.508 e. The van der Waals surface area contributed by atoms with Crippen molar-refractivity contribution in [2.45, 2.75) is 37.8 Å². The second-order valence-electron chi connectivity index (χ2n) is 6.00. The lowest BCUT2D eigenvalue weighted by molar-refractivity contribution is -0.158. The third kappa shape index (κ3) is 1.28. The van der Waals surface area contributed by atoms with Crippen molar-refractivity contribution in [3.05, 3.63) is 24.3 Å². The summed E-state index contributed by atoms with van der Waals surface area (Å²) in [5.41, 5.74) is 1.43. The van der Waals surface area contributed by atoms with Gasteiger partial charge in [0.2, 0.25) is 0 Å². The summed E-state index contributed by atoms with van der Waals surface area (Å²) in [6.45, 7) is 0.926. The molecule has 3 nitrogen and oxygen atoms in total. The van der Waals surface area contributed by atoms with Crippen LogP contribution in [0.15, 0.2) is 24.3 Å². The Morgan fingerprint density at radius 3 is 2.94 bits per heavy atom. The third-order valence-electron chi connectivity index (χ3n) is 5.20. The summed E-state index contributed by atoms with van der Waals surface area (Å²) in [4.78, 5) is 0. The maximum absolute atomic E-state index is 9.54. The van der Waals surface area contributed by atoms with Crippen molar-refractivity contribution < 1.29 is 9.84 Å². The summed E-state index contributed by atoms with van der Waals surface area (Å²) in [6.07, 6.45) is 5.62. The summed E-state index contributed by atoms with van der Waals surface area (Å²) in [7, 11) is 0. The number of anilines is 1. The minimum Gasteiger partial charge on any atom is -0.508 e. The van der Waals surface area contributed by atoms with Crippen molar-refractivity contribution >= 4 is 5.69 Å². The fourth-order valence-electron chi connectivity index (χ4n) is 4.23. The Hall–Kier alpha value is -1.22. The van der Waals surface area contributed by atoms with E-state index in [1.54, 1.807) is 6.07 Å². The minimum atomic E-state index is 0.334. The zero-order valence-electron chi connectivity index (χ0n) is 10.4. The SMILES string of the molecule is Oc1cccc(N[C@@H]2[C@H]3CCO[C@H]3C23CCC3)c1. The predicted molar refractivity (Wildman–Crippen MR) is 69.6 cm³/mol. The number of hydrogen-bond donors (Lipinski definition) is 2. The Morgan fingerprint density at radius 2 is 2.22 bits per heavy atom. The molecule has 0 amide bonds. The molecule has 1 spiro atoms. The standard InChI is InChI=1S/C15H19NO2/c17-11-4-1-3-10(9-11)16-13-12-5-8-18-14(12)15(13)6-2-7-15/h1,3-4,9,12-14,16-17H,2,5-8H2/t12-,13-,14-/m1/s1. The fourth-order valence-corrected chi connectivity index (χ4v) is 4.23. The summed E-state index contributed by atoms with van der Waals surface area (Å²) in [5, 5.41) is 13.2. The number of phenolic OH excluding ortho intramolecular Hbond substituents is 1. The van der Waals surface area contributed by atoms with Gasteiger partial charge in [0.15, 0.2) is 0 Å². The van der Waals surface area contributed by atoms with Gasteiger partial charge in [-0.2, -0.15) is 0 Å². The molecule has 1 heterocycles. The number of nitrogens with one attached hydrogen (secondary N) is 1. The Kier molecular flexibility index (Phi) is 2.16. The van der Waals surface area contributed by atoms with Crippen molar-refractivity contribution in [3.8, 4) is 5.75 Å². The Labute approximate surface area is 107 Å². The molecule has 2 N–H and O–H groups in total. The molecule has 0 bridgehead atoms. The van der Waals surface area contributed by atoms with E-state index in [1.165, 1.54) is 25.7 Å². The van der Waals surface area contributed by atoms with Gasteiger partial charge >= 0.3 is 0 Å². The van der Waals surface area contributed by atoms with E-state index in [0.29, 0.717) is 29.2 Å². The van der Waals surface area contributed by atoms with E-state index in [2.05, 4.69) is 5.32 Å². The molecular formula is C15H19NO2. The average molecular weight is 245 g/mol. The van der Waals surface area contributed by atoms with Gasteiger partial charge in [-0.05, 0) is 31.4 Å². The van der Waals surface area contributed by atoms with Crippen LogP contribution in [0.4, 0.5) is 5.69 Å². The lowest BCUT2D eigenvalue weighted by Gasteiger charge is -2.63. The smallest absolute Gasteiger partial charge is 0.117 e. The second kappa shape index (κ2) is 3.64. The van der Waals surface area contributed by atoms with E-state index in [4.69, 9.17) is 4.74 Å². The summed E-state index contributed by atoms with van der Waals surface area (Å²) >= 11 is 0. The number of fused-ring (bicyclic) bond motifs is 2. The predicted octanol–water partition coefficient (Wildman–Crippen LogP) is 2.76. The highest BCUT2D eigenvalue weighted by molar-refractivity contribution is 5.50. The van der Waals surface area contributed by atoms with Gasteiger partial charge in [-0.15, -0.1) is 0 Å². The quantitative estimate of drug-likeness (QED) is 0.841. The topological polar surface area (TPSA) is 41.5 Å². The Balaban J connectivity index is 1.57. The van der Waals surface area contributed by atoms with Gasteiger partial charge in [0.25, 0.3) is 0 Å². The lowest BCUT2D eigenvalue weighted by Crippen LogP contribution is -2.68. The number of aromatic hydroxyl groups is 1. The van der Waals surface area contributed by atoms with Crippen LogP contribution in [0.5, 0.6) is 5.75 Å². The molecule has 18 heavy (non-hydrogen) atoms. The highest BCUT2D eigenvalue weighted by Crippen LogP contribution is 2.63. The molecule has 1 aliphatic heterocycles. The van der Waals surface area contributed by atoms with Crippen LogP contribution in [-0.4, -0.2) is 23.9 Å². The van der Waals surface area contributed by atoms with Crippen LogP contribution < -0.4 is 5.32 Å². The summed E-state index contributed by atoms with van der Waals surface area (Å²) < 4.78 is 5.91. The van der Waals surface area contributed by atoms with E-state index in [9.17, 15) is 5.11 Å². The van der Waals surface area contributed by atoms with Gasteiger partial charge < -0.3 is 15.2 Å². The van der Waals surface area contributed by atoms with E-state index in [1.807, 2.05) is 18.2 Å². The van der Waals surface area contributed by atoms with E-state index in [-0.39, 0.29) is 0 Å². The molecule has 0 aromatic heterocycles. The lowest BCUT2D eigenvalue weighted by atomic mass is 9.46. The zero-order valence-corrected chi connectivity index (χ0v) is 10.4. The molecule has 1 aromatic carbocycles. The van der Waals surface area contributed by atoms with Gasteiger partial charge in [0.05, 0.1) is 6.10 Å². The first-order valence-electron chi connectivity index (χ1n) is 6.97. The van der Waals surface area contributed by atoms with Crippen LogP contribution in [0, 0.1) is 11.3 Å². The average Bonchev–Trinajstić information content (AvgIpc) is 2.69. The molecular weight excluding hydrogens is 226 g/mol. The molecule has 3 heteroatoms. The molecule has 2 aliphatic carbocycles. The van der Waals surface area contributed by atoms with E-state index in [0.717, 1.165) is 12.3 Å². The van der Waals surface area contributed by atoms with E-state index >= 15 is 0 Å². The highest BCUT2D eigenvalue weighted by Gasteiger charge is 2.66. The van der Waals surface area contributed by atoms with Gasteiger partial charge in [0.1, 0.15) is 5.75 Å². The molecule has 0 unspecified atom stereocenters. The molecule has 96 valence electrons. The van der Waals surface area contributed by atoms with Crippen LogP contribution in [-0.2, 0) is 4.74 Å². The Morgan fingerprint density at radius 1 is 1.33 bits per heavy atom. The molecule has 3 atom stereocenters. The van der Waals surface area contributed by atoms with E-state index < -0.39 is 0 Å².